The Morgan fingerprint density at radius 3 is 2.38 bits per heavy atom. The molecule has 6 nitrogen and oxygen atoms in total. The zero-order valence-electron chi connectivity index (χ0n) is 14.4. The highest BCUT2D eigenvalue weighted by Crippen LogP contribution is 2.28. The summed E-state index contributed by atoms with van der Waals surface area (Å²) in [6.07, 6.45) is -1.55. The topological polar surface area (TPSA) is 88.0 Å². The number of phenolic OH excluding ortho intramolecular Hbond substituents is 1. The summed E-state index contributed by atoms with van der Waals surface area (Å²) in [7, 11) is 0. The molecule has 0 saturated carbocycles. The lowest BCUT2D eigenvalue weighted by atomic mass is 10.0. The highest BCUT2D eigenvalue weighted by molar-refractivity contribution is 9.10. The molecule has 26 heavy (non-hydrogen) atoms. The second kappa shape index (κ2) is 10.2. The summed E-state index contributed by atoms with van der Waals surface area (Å²) in [4.78, 5) is 12.3. The van der Waals surface area contributed by atoms with Crippen molar-refractivity contribution >= 4 is 27.7 Å². The summed E-state index contributed by atoms with van der Waals surface area (Å²) in [5.41, 5.74) is 1.26. The first-order valence-electron chi connectivity index (χ1n) is 8.28. The number of hydrogen-bond donors (Lipinski definition) is 3. The van der Waals surface area contributed by atoms with Gasteiger partial charge < -0.3 is 19.7 Å². The number of phenols is 1. The van der Waals surface area contributed by atoms with Crippen molar-refractivity contribution in [3.63, 3.8) is 0 Å². The number of benzene rings is 2. The minimum Gasteiger partial charge on any atom is -0.508 e. The molecule has 0 aliphatic rings. The number of aromatic hydroxyl groups is 1. The molecule has 7 heteroatoms. The van der Waals surface area contributed by atoms with E-state index >= 15 is 0 Å². The lowest BCUT2D eigenvalue weighted by Gasteiger charge is -2.27. The molecule has 0 aromatic heterocycles. The van der Waals surface area contributed by atoms with E-state index in [-0.39, 0.29) is 12.4 Å². The molecule has 0 heterocycles. The van der Waals surface area contributed by atoms with Gasteiger partial charge in [-0.15, -0.1) is 0 Å². The van der Waals surface area contributed by atoms with Crippen molar-refractivity contribution < 1.29 is 24.5 Å². The lowest BCUT2D eigenvalue weighted by Crippen LogP contribution is -2.29. The Hall–Kier alpha value is -2.09. The van der Waals surface area contributed by atoms with Crippen molar-refractivity contribution in [1.82, 2.24) is 0 Å². The normalized spacial score (nSPS) is 13.0. The minimum atomic E-state index is -0.724. The van der Waals surface area contributed by atoms with Crippen molar-refractivity contribution in [2.45, 2.75) is 25.6 Å². The van der Waals surface area contributed by atoms with Gasteiger partial charge in [0.15, 0.2) is 6.10 Å². The lowest BCUT2D eigenvalue weighted by molar-refractivity contribution is -0.0484. The Kier molecular flexibility index (Phi) is 7.90. The van der Waals surface area contributed by atoms with Gasteiger partial charge in [0.2, 0.25) is 0 Å². The van der Waals surface area contributed by atoms with Crippen molar-refractivity contribution in [2.75, 3.05) is 18.5 Å². The molecule has 0 aliphatic carbocycles. The van der Waals surface area contributed by atoms with Gasteiger partial charge in [-0.25, -0.2) is 4.79 Å². The molecule has 2 aromatic rings. The maximum atomic E-state index is 12.3. The van der Waals surface area contributed by atoms with Gasteiger partial charge in [-0.2, -0.15) is 0 Å². The van der Waals surface area contributed by atoms with Crippen molar-refractivity contribution in [3.8, 4) is 5.75 Å². The Balaban J connectivity index is 2.17. The SMILES string of the molecule is CCO[C@@H](CCO)[C@@H](OC(=O)Nc1ccc(Br)cc1)c1ccc(O)cc1. The van der Waals surface area contributed by atoms with Crippen LogP contribution in [0.4, 0.5) is 10.5 Å². The molecule has 0 unspecified atom stereocenters. The molecule has 0 spiro atoms. The van der Waals surface area contributed by atoms with Gasteiger partial charge in [0.25, 0.3) is 0 Å². The fourth-order valence-electron chi connectivity index (χ4n) is 2.48. The molecule has 3 N–H and O–H groups in total. The summed E-state index contributed by atoms with van der Waals surface area (Å²) in [6.45, 7) is 2.15. The van der Waals surface area contributed by atoms with Crippen molar-refractivity contribution in [1.29, 1.82) is 0 Å². The Morgan fingerprint density at radius 1 is 1.15 bits per heavy atom. The van der Waals surface area contributed by atoms with Gasteiger partial charge in [-0.3, -0.25) is 5.32 Å². The Labute approximate surface area is 160 Å². The first-order chi connectivity index (χ1) is 12.5. The fraction of sp³-hybridized carbons (Fsp3) is 0.316. The molecule has 0 radical (unpaired) electrons. The smallest absolute Gasteiger partial charge is 0.412 e. The first-order valence-corrected chi connectivity index (χ1v) is 9.07. The van der Waals surface area contributed by atoms with E-state index in [0.717, 1.165) is 4.47 Å². The molecular weight excluding hydrogens is 402 g/mol. The van der Waals surface area contributed by atoms with Crippen LogP contribution in [0, 0.1) is 0 Å². The number of hydrogen-bond acceptors (Lipinski definition) is 5. The van der Waals surface area contributed by atoms with Crippen molar-refractivity contribution in [3.05, 3.63) is 58.6 Å². The monoisotopic (exact) mass is 423 g/mol. The van der Waals surface area contributed by atoms with Crippen molar-refractivity contribution in [2.24, 2.45) is 0 Å². The number of amides is 1. The third kappa shape index (κ3) is 6.01. The minimum absolute atomic E-state index is 0.100. The molecular formula is C19H22BrNO5. The second-order valence-corrected chi connectivity index (χ2v) is 6.47. The van der Waals surface area contributed by atoms with Crippen LogP contribution in [0.25, 0.3) is 0 Å². The molecule has 2 aromatic carbocycles. The summed E-state index contributed by atoms with van der Waals surface area (Å²) in [5, 5.41) is 21.5. The quantitative estimate of drug-likeness (QED) is 0.590. The molecule has 0 bridgehead atoms. The standard InChI is InChI=1S/C19H22BrNO5/c1-2-25-17(11-12-22)18(13-3-9-16(23)10-4-13)26-19(24)21-15-7-5-14(20)6-8-15/h3-10,17-18,22-23H,2,11-12H2,1H3,(H,21,24)/t17-,18-/m0/s1. The molecule has 2 atom stereocenters. The van der Waals surface area contributed by atoms with Gasteiger partial charge in [0.1, 0.15) is 11.9 Å². The Morgan fingerprint density at radius 2 is 1.81 bits per heavy atom. The van der Waals surface area contributed by atoms with Crippen LogP contribution in [0.1, 0.15) is 25.0 Å². The van der Waals surface area contributed by atoms with Crippen LogP contribution in [0.2, 0.25) is 0 Å². The van der Waals surface area contributed by atoms with Crippen LogP contribution in [-0.2, 0) is 9.47 Å². The zero-order valence-corrected chi connectivity index (χ0v) is 16.0. The predicted molar refractivity (Wildman–Crippen MR) is 102 cm³/mol. The van der Waals surface area contributed by atoms with Crippen LogP contribution in [0.3, 0.4) is 0 Å². The van der Waals surface area contributed by atoms with Gasteiger partial charge in [-0.05, 0) is 48.9 Å². The average molecular weight is 424 g/mol. The molecule has 140 valence electrons. The summed E-state index contributed by atoms with van der Waals surface area (Å²) in [6, 6.07) is 13.5. The largest absolute Gasteiger partial charge is 0.508 e. The summed E-state index contributed by atoms with van der Waals surface area (Å²) >= 11 is 3.34. The highest BCUT2D eigenvalue weighted by atomic mass is 79.9. The third-order valence-electron chi connectivity index (χ3n) is 3.68. The van der Waals surface area contributed by atoms with Crippen LogP contribution in [-0.4, -0.2) is 35.6 Å². The first kappa shape index (κ1) is 20.2. The van der Waals surface area contributed by atoms with Crippen LogP contribution >= 0.6 is 15.9 Å². The highest BCUT2D eigenvalue weighted by Gasteiger charge is 2.27. The van der Waals surface area contributed by atoms with Gasteiger partial charge in [0.05, 0.1) is 0 Å². The molecule has 0 fully saturated rings. The van der Waals surface area contributed by atoms with E-state index in [4.69, 9.17) is 9.47 Å². The third-order valence-corrected chi connectivity index (χ3v) is 4.21. The molecule has 2 rings (SSSR count). The van der Waals surface area contributed by atoms with Crippen LogP contribution in [0.15, 0.2) is 53.0 Å². The van der Waals surface area contributed by atoms with E-state index in [1.165, 1.54) is 12.1 Å². The van der Waals surface area contributed by atoms with Gasteiger partial charge in [-0.1, -0.05) is 28.1 Å². The number of carbonyl (C=O) groups is 1. The molecule has 1 amide bonds. The average Bonchev–Trinajstić information content (AvgIpc) is 2.62. The van der Waals surface area contributed by atoms with E-state index < -0.39 is 18.3 Å². The maximum Gasteiger partial charge on any atom is 0.412 e. The maximum absolute atomic E-state index is 12.3. The zero-order chi connectivity index (χ0) is 18.9. The number of nitrogens with one attached hydrogen (secondary N) is 1. The van der Waals surface area contributed by atoms with E-state index in [0.29, 0.717) is 24.3 Å². The van der Waals surface area contributed by atoms with Gasteiger partial charge in [0, 0.05) is 29.8 Å². The number of aliphatic hydroxyl groups is 1. The summed E-state index contributed by atoms with van der Waals surface area (Å²) in [5.74, 6) is 0.113. The van der Waals surface area contributed by atoms with E-state index in [1.807, 2.05) is 19.1 Å². The number of anilines is 1. The van der Waals surface area contributed by atoms with E-state index in [1.54, 1.807) is 24.3 Å². The Bertz CT molecular complexity index is 684. The number of ether oxygens (including phenoxy) is 2. The fourth-order valence-corrected chi connectivity index (χ4v) is 2.75. The van der Waals surface area contributed by atoms with Crippen LogP contribution < -0.4 is 5.32 Å². The summed E-state index contributed by atoms with van der Waals surface area (Å²) < 4.78 is 12.2. The number of aliphatic hydroxyl groups excluding tert-OH is 1. The van der Waals surface area contributed by atoms with E-state index in [2.05, 4.69) is 21.2 Å². The number of halogens is 1. The van der Waals surface area contributed by atoms with Crippen LogP contribution in [0.5, 0.6) is 5.75 Å². The predicted octanol–water partition coefficient (Wildman–Crippen LogP) is 4.23. The van der Waals surface area contributed by atoms with Gasteiger partial charge >= 0.3 is 6.09 Å². The van der Waals surface area contributed by atoms with E-state index in [9.17, 15) is 15.0 Å². The number of carbonyl (C=O) groups excluding carboxylic acids is 1. The molecule has 0 aliphatic heterocycles. The second-order valence-electron chi connectivity index (χ2n) is 5.56. The molecule has 0 saturated heterocycles. The number of rotatable bonds is 8.